The average Bonchev–Trinajstić information content (AvgIpc) is 2.79. The standard InChI is InChI=1S/C19H18.C8H6N2/c1-13-12-15-7-3-4-8-16(15)18-11-10-14-6-2-5-9-17(14)19(13)18;1-2-7-6-9-5-3-8(7)10-4-1/h2,4-6,8-11,13H,3,7,12H2,1H3;1-6H. The molecule has 0 saturated carbocycles. The summed E-state index contributed by atoms with van der Waals surface area (Å²) in [5.41, 5.74) is 7.20. The van der Waals surface area contributed by atoms with Crippen LogP contribution in [0.15, 0.2) is 90.9 Å². The molecule has 2 aromatic heterocycles. The minimum Gasteiger partial charge on any atom is -0.264 e. The SMILES string of the molecule is CC1CC2=C(C=CCC2)c2ccc3ccccc3c21.c1cnc2ccncc2c1. The van der Waals surface area contributed by atoms with Crippen molar-refractivity contribution >= 4 is 27.2 Å². The zero-order chi connectivity index (χ0) is 19.6. The number of allylic oxidation sites excluding steroid dienone is 4. The maximum atomic E-state index is 4.14. The zero-order valence-electron chi connectivity index (χ0n) is 16.7. The first-order valence-corrected chi connectivity index (χ1v) is 10.4. The molecule has 0 bridgehead atoms. The van der Waals surface area contributed by atoms with E-state index in [9.17, 15) is 0 Å². The molecular formula is C27H24N2. The van der Waals surface area contributed by atoms with E-state index in [1.165, 1.54) is 41.2 Å². The Morgan fingerprint density at radius 3 is 2.72 bits per heavy atom. The van der Waals surface area contributed by atoms with E-state index in [4.69, 9.17) is 0 Å². The van der Waals surface area contributed by atoms with Gasteiger partial charge in [-0.25, -0.2) is 0 Å². The first kappa shape index (κ1) is 17.8. The van der Waals surface area contributed by atoms with E-state index < -0.39 is 0 Å². The second-order valence-electron chi connectivity index (χ2n) is 7.88. The minimum atomic E-state index is 0.645. The lowest BCUT2D eigenvalue weighted by atomic mass is 9.75. The normalized spacial score (nSPS) is 17.5. The van der Waals surface area contributed by atoms with Crippen molar-refractivity contribution in [2.24, 2.45) is 0 Å². The molecule has 1 atom stereocenters. The summed E-state index contributed by atoms with van der Waals surface area (Å²) in [4.78, 5) is 8.11. The van der Waals surface area contributed by atoms with Crippen LogP contribution in [0.2, 0.25) is 0 Å². The van der Waals surface area contributed by atoms with Crippen molar-refractivity contribution in [3.63, 3.8) is 0 Å². The van der Waals surface area contributed by atoms with E-state index in [2.05, 4.69) is 65.4 Å². The van der Waals surface area contributed by atoms with Gasteiger partial charge in [0.05, 0.1) is 5.52 Å². The van der Waals surface area contributed by atoms with Crippen LogP contribution in [-0.2, 0) is 0 Å². The van der Waals surface area contributed by atoms with Gasteiger partial charge in [0.1, 0.15) is 0 Å². The molecule has 0 spiro atoms. The third-order valence-electron chi connectivity index (χ3n) is 5.99. The summed E-state index contributed by atoms with van der Waals surface area (Å²) in [5.74, 6) is 0.645. The fourth-order valence-corrected chi connectivity index (χ4v) is 4.65. The van der Waals surface area contributed by atoms with Crippen LogP contribution in [0.1, 0.15) is 43.2 Å². The van der Waals surface area contributed by atoms with Crippen LogP contribution in [-0.4, -0.2) is 9.97 Å². The third-order valence-corrected chi connectivity index (χ3v) is 5.99. The van der Waals surface area contributed by atoms with Crippen molar-refractivity contribution in [1.29, 1.82) is 0 Å². The predicted octanol–water partition coefficient (Wildman–Crippen LogP) is 7.08. The molecule has 0 amide bonds. The molecule has 2 aromatic carbocycles. The molecule has 0 aliphatic heterocycles. The number of aromatic nitrogens is 2. The average molecular weight is 377 g/mol. The topological polar surface area (TPSA) is 25.8 Å². The van der Waals surface area contributed by atoms with Crippen molar-refractivity contribution in [3.8, 4) is 0 Å². The third kappa shape index (κ3) is 3.36. The fraction of sp³-hybridized carbons (Fsp3) is 0.185. The molecule has 2 heteroatoms. The number of hydrogen-bond acceptors (Lipinski definition) is 2. The Morgan fingerprint density at radius 2 is 1.79 bits per heavy atom. The minimum absolute atomic E-state index is 0.645. The monoisotopic (exact) mass is 376 g/mol. The number of hydrogen-bond donors (Lipinski definition) is 0. The molecule has 6 rings (SSSR count). The Kier molecular flexibility index (Phi) is 4.69. The molecule has 2 aliphatic rings. The summed E-state index contributed by atoms with van der Waals surface area (Å²) in [6.45, 7) is 2.38. The van der Waals surface area contributed by atoms with Gasteiger partial charge in [-0.2, -0.15) is 0 Å². The zero-order valence-corrected chi connectivity index (χ0v) is 16.7. The number of benzene rings is 2. The first-order chi connectivity index (χ1) is 14.3. The van der Waals surface area contributed by atoms with Crippen molar-refractivity contribution in [3.05, 3.63) is 102 Å². The van der Waals surface area contributed by atoms with Gasteiger partial charge < -0.3 is 0 Å². The van der Waals surface area contributed by atoms with Crippen LogP contribution < -0.4 is 0 Å². The van der Waals surface area contributed by atoms with E-state index in [0.29, 0.717) is 5.92 Å². The molecule has 0 N–H and O–H groups in total. The summed E-state index contributed by atoms with van der Waals surface area (Å²) in [5, 5.41) is 3.90. The van der Waals surface area contributed by atoms with Crippen LogP contribution in [0.5, 0.6) is 0 Å². The lowest BCUT2D eigenvalue weighted by Crippen LogP contribution is -2.10. The van der Waals surface area contributed by atoms with Gasteiger partial charge in [-0.3, -0.25) is 9.97 Å². The van der Waals surface area contributed by atoms with Gasteiger partial charge in [0.25, 0.3) is 0 Å². The lowest BCUT2D eigenvalue weighted by Gasteiger charge is -2.30. The Balaban J connectivity index is 0.000000153. The molecule has 0 fully saturated rings. The second-order valence-corrected chi connectivity index (χ2v) is 7.88. The smallest absolute Gasteiger partial charge is 0.0732 e. The molecule has 29 heavy (non-hydrogen) atoms. The number of pyridine rings is 2. The van der Waals surface area contributed by atoms with Gasteiger partial charge in [0.15, 0.2) is 0 Å². The van der Waals surface area contributed by atoms with Gasteiger partial charge in [0, 0.05) is 24.0 Å². The molecular weight excluding hydrogens is 352 g/mol. The maximum Gasteiger partial charge on any atom is 0.0732 e. The number of rotatable bonds is 0. The van der Waals surface area contributed by atoms with Gasteiger partial charge in [-0.05, 0) is 70.9 Å². The van der Waals surface area contributed by atoms with Gasteiger partial charge in [0.2, 0.25) is 0 Å². The molecule has 1 unspecified atom stereocenters. The second kappa shape index (κ2) is 7.63. The summed E-state index contributed by atoms with van der Waals surface area (Å²) in [7, 11) is 0. The van der Waals surface area contributed by atoms with Crippen LogP contribution in [0.25, 0.3) is 27.2 Å². The largest absolute Gasteiger partial charge is 0.264 e. The van der Waals surface area contributed by atoms with Crippen LogP contribution in [0.3, 0.4) is 0 Å². The number of fused-ring (bicyclic) bond motifs is 5. The Hall–Kier alpha value is -3.26. The van der Waals surface area contributed by atoms with E-state index in [1.807, 2.05) is 24.4 Å². The van der Waals surface area contributed by atoms with Gasteiger partial charge >= 0.3 is 0 Å². The van der Waals surface area contributed by atoms with E-state index in [1.54, 1.807) is 23.5 Å². The molecule has 2 heterocycles. The van der Waals surface area contributed by atoms with E-state index in [0.717, 1.165) is 10.9 Å². The summed E-state index contributed by atoms with van der Waals surface area (Å²) in [6.07, 6.45) is 13.7. The Labute approximate surface area is 171 Å². The molecule has 0 saturated heterocycles. The van der Waals surface area contributed by atoms with Crippen LogP contribution in [0, 0.1) is 0 Å². The molecule has 2 nitrogen and oxygen atoms in total. The van der Waals surface area contributed by atoms with E-state index >= 15 is 0 Å². The highest BCUT2D eigenvalue weighted by Crippen LogP contribution is 2.45. The number of nitrogens with zero attached hydrogens (tertiary/aromatic N) is 2. The summed E-state index contributed by atoms with van der Waals surface area (Å²) in [6, 6.07) is 19.2. The molecule has 0 radical (unpaired) electrons. The first-order valence-electron chi connectivity index (χ1n) is 10.4. The van der Waals surface area contributed by atoms with Crippen molar-refractivity contribution < 1.29 is 0 Å². The lowest BCUT2D eigenvalue weighted by molar-refractivity contribution is 0.710. The fourth-order valence-electron chi connectivity index (χ4n) is 4.65. The quantitative estimate of drug-likeness (QED) is 0.328. The highest BCUT2D eigenvalue weighted by Gasteiger charge is 2.25. The molecule has 2 aliphatic carbocycles. The highest BCUT2D eigenvalue weighted by atomic mass is 14.7. The maximum absolute atomic E-state index is 4.14. The van der Waals surface area contributed by atoms with E-state index in [-0.39, 0.29) is 0 Å². The summed E-state index contributed by atoms with van der Waals surface area (Å²) < 4.78 is 0. The Morgan fingerprint density at radius 1 is 0.897 bits per heavy atom. The molecule has 142 valence electrons. The van der Waals surface area contributed by atoms with Gasteiger partial charge in [-0.1, -0.05) is 61.0 Å². The van der Waals surface area contributed by atoms with Crippen LogP contribution >= 0.6 is 0 Å². The predicted molar refractivity (Wildman–Crippen MR) is 122 cm³/mol. The summed E-state index contributed by atoms with van der Waals surface area (Å²) >= 11 is 0. The Bertz CT molecular complexity index is 1180. The van der Waals surface area contributed by atoms with Crippen molar-refractivity contribution in [1.82, 2.24) is 9.97 Å². The van der Waals surface area contributed by atoms with Gasteiger partial charge in [-0.15, -0.1) is 0 Å². The highest BCUT2D eigenvalue weighted by molar-refractivity contribution is 5.94. The van der Waals surface area contributed by atoms with Crippen LogP contribution in [0.4, 0.5) is 0 Å². The van der Waals surface area contributed by atoms with Crippen molar-refractivity contribution in [2.45, 2.75) is 32.1 Å². The van der Waals surface area contributed by atoms with Crippen molar-refractivity contribution in [2.75, 3.05) is 0 Å². The molecule has 4 aromatic rings.